The van der Waals surface area contributed by atoms with Crippen molar-refractivity contribution in [3.05, 3.63) is 82.3 Å². The van der Waals surface area contributed by atoms with Crippen LogP contribution in [-0.2, 0) is 6.54 Å². The molecule has 1 aliphatic carbocycles. The van der Waals surface area contributed by atoms with Crippen LogP contribution in [0, 0.1) is 0 Å². The number of rotatable bonds is 8. The van der Waals surface area contributed by atoms with Gasteiger partial charge in [0.05, 0.1) is 0 Å². The second-order valence-electron chi connectivity index (χ2n) is 8.98. The van der Waals surface area contributed by atoms with Crippen LogP contribution in [0.3, 0.4) is 0 Å². The number of nitrogens with zero attached hydrogens (tertiary/aromatic N) is 2. The number of carbonyl (C=O) groups excluding carboxylic acids is 2. The van der Waals surface area contributed by atoms with E-state index in [9.17, 15) is 14.4 Å². The first-order valence-electron chi connectivity index (χ1n) is 11.8. The monoisotopic (exact) mass is 448 g/mol. The van der Waals surface area contributed by atoms with Gasteiger partial charge in [0, 0.05) is 50.7 Å². The van der Waals surface area contributed by atoms with Crippen molar-refractivity contribution in [3.8, 4) is 0 Å². The van der Waals surface area contributed by atoms with E-state index in [2.05, 4.69) is 34.2 Å². The van der Waals surface area contributed by atoms with Gasteiger partial charge in [-0.3, -0.25) is 19.3 Å². The summed E-state index contributed by atoms with van der Waals surface area (Å²) < 4.78 is 1.89. The van der Waals surface area contributed by atoms with Gasteiger partial charge in [0.15, 0.2) is 0 Å². The average molecular weight is 449 g/mol. The van der Waals surface area contributed by atoms with Gasteiger partial charge in [-0.2, -0.15) is 0 Å². The molecule has 0 radical (unpaired) electrons. The maximum atomic E-state index is 13.2. The third kappa shape index (κ3) is 5.60. The maximum absolute atomic E-state index is 13.2. The van der Waals surface area contributed by atoms with Crippen LogP contribution in [0.15, 0.2) is 60.2 Å². The first kappa shape index (κ1) is 23.0. The van der Waals surface area contributed by atoms with Crippen molar-refractivity contribution < 1.29 is 9.59 Å². The molecule has 33 heavy (non-hydrogen) atoms. The Morgan fingerprint density at radius 2 is 1.73 bits per heavy atom. The number of nitrogens with one attached hydrogen (secondary N) is 2. The summed E-state index contributed by atoms with van der Waals surface area (Å²) in [6.45, 7) is 6.31. The third-order valence-electron chi connectivity index (χ3n) is 6.54. The van der Waals surface area contributed by atoms with Crippen molar-refractivity contribution in [2.45, 2.75) is 50.7 Å². The highest BCUT2D eigenvalue weighted by molar-refractivity contribution is 5.99. The lowest BCUT2D eigenvalue weighted by molar-refractivity contribution is 0.0935. The summed E-state index contributed by atoms with van der Waals surface area (Å²) in [5.41, 5.74) is 0.757. The molecule has 2 fully saturated rings. The number of amides is 2. The van der Waals surface area contributed by atoms with Crippen molar-refractivity contribution in [1.82, 2.24) is 20.1 Å². The molecule has 0 spiro atoms. The molecule has 1 saturated carbocycles. The molecule has 2 aromatic rings. The van der Waals surface area contributed by atoms with Crippen molar-refractivity contribution in [2.24, 2.45) is 0 Å². The molecular formula is C26H32N4O3. The van der Waals surface area contributed by atoms with Gasteiger partial charge < -0.3 is 15.2 Å². The normalized spacial score (nSPS) is 18.8. The molecule has 2 aliphatic rings. The van der Waals surface area contributed by atoms with Gasteiger partial charge >= 0.3 is 0 Å². The number of hydrogen-bond acceptors (Lipinski definition) is 4. The third-order valence-corrected chi connectivity index (χ3v) is 6.54. The fraction of sp³-hybridized carbons (Fsp3) is 0.423. The average Bonchev–Trinajstić information content (AvgIpc) is 3.51. The summed E-state index contributed by atoms with van der Waals surface area (Å²) >= 11 is 0. The predicted octanol–water partition coefficient (Wildman–Crippen LogP) is 2.88. The van der Waals surface area contributed by atoms with E-state index in [4.69, 9.17) is 0 Å². The topological polar surface area (TPSA) is 83.4 Å². The Labute approximate surface area is 194 Å². The van der Waals surface area contributed by atoms with Crippen LogP contribution >= 0.6 is 0 Å². The van der Waals surface area contributed by atoms with Gasteiger partial charge in [-0.15, -0.1) is 6.58 Å². The summed E-state index contributed by atoms with van der Waals surface area (Å²) in [5, 5.41) is 5.70. The lowest BCUT2D eigenvalue weighted by atomic mass is 10.1. The van der Waals surface area contributed by atoms with Crippen LogP contribution in [0.2, 0.25) is 0 Å². The van der Waals surface area contributed by atoms with Gasteiger partial charge in [0.2, 0.25) is 5.43 Å². The Morgan fingerprint density at radius 3 is 2.42 bits per heavy atom. The van der Waals surface area contributed by atoms with Gasteiger partial charge in [0.25, 0.3) is 11.8 Å². The number of likely N-dealkylation sites (tertiary alicyclic amines) is 1. The van der Waals surface area contributed by atoms with Crippen molar-refractivity contribution in [2.75, 3.05) is 19.6 Å². The minimum absolute atomic E-state index is 0.00789. The molecule has 0 bridgehead atoms. The van der Waals surface area contributed by atoms with E-state index in [0.717, 1.165) is 51.7 Å². The van der Waals surface area contributed by atoms with Gasteiger partial charge in [-0.1, -0.05) is 49.2 Å². The van der Waals surface area contributed by atoms with Crippen LogP contribution in [0.5, 0.6) is 0 Å². The molecule has 1 aromatic heterocycles. The minimum Gasteiger partial charge on any atom is -0.349 e. The van der Waals surface area contributed by atoms with Gasteiger partial charge in [-0.05, 0) is 24.8 Å². The summed E-state index contributed by atoms with van der Waals surface area (Å²) in [6.07, 6.45) is 9.80. The van der Waals surface area contributed by atoms with Crippen molar-refractivity contribution >= 4 is 11.8 Å². The van der Waals surface area contributed by atoms with Crippen LogP contribution in [0.4, 0.5) is 0 Å². The van der Waals surface area contributed by atoms with Crippen LogP contribution in [0.25, 0.3) is 0 Å². The summed E-state index contributed by atoms with van der Waals surface area (Å²) in [4.78, 5) is 41.2. The molecule has 2 heterocycles. The molecule has 0 unspecified atom stereocenters. The Balaban J connectivity index is 1.50. The van der Waals surface area contributed by atoms with E-state index in [1.165, 1.54) is 5.56 Å². The molecule has 1 aromatic carbocycles. The number of hydrogen-bond donors (Lipinski definition) is 2. The second kappa shape index (κ2) is 10.6. The fourth-order valence-electron chi connectivity index (χ4n) is 4.79. The quantitative estimate of drug-likeness (QED) is 0.609. The van der Waals surface area contributed by atoms with E-state index in [0.29, 0.717) is 0 Å². The van der Waals surface area contributed by atoms with E-state index in [1.54, 1.807) is 18.5 Å². The zero-order valence-electron chi connectivity index (χ0n) is 19.0. The number of aromatic nitrogens is 1. The molecular weight excluding hydrogens is 416 g/mol. The van der Waals surface area contributed by atoms with E-state index >= 15 is 0 Å². The number of pyridine rings is 1. The highest BCUT2D eigenvalue weighted by Crippen LogP contribution is 2.29. The van der Waals surface area contributed by atoms with Crippen molar-refractivity contribution in [1.29, 1.82) is 0 Å². The maximum Gasteiger partial charge on any atom is 0.257 e. The Hall–Kier alpha value is -3.19. The van der Waals surface area contributed by atoms with Gasteiger partial charge in [-0.25, -0.2) is 0 Å². The van der Waals surface area contributed by atoms with Crippen LogP contribution < -0.4 is 16.1 Å². The SMILES string of the molecule is C=CCNC(=O)c1cn(C2CCCC2)cc(C(=O)N[C@H]2CCN(Cc3ccccc3)C2)c1=O. The smallest absolute Gasteiger partial charge is 0.257 e. The Kier molecular flexibility index (Phi) is 7.40. The first-order valence-corrected chi connectivity index (χ1v) is 11.8. The largest absolute Gasteiger partial charge is 0.349 e. The second-order valence-corrected chi connectivity index (χ2v) is 8.98. The molecule has 4 rings (SSSR count). The first-order chi connectivity index (χ1) is 16.0. The van der Waals surface area contributed by atoms with Crippen LogP contribution in [0.1, 0.15) is 64.4 Å². The van der Waals surface area contributed by atoms with E-state index in [1.807, 2.05) is 22.8 Å². The summed E-state index contributed by atoms with van der Waals surface area (Å²) in [6, 6.07) is 10.4. The zero-order chi connectivity index (χ0) is 23.2. The Bertz CT molecular complexity index is 1060. The summed E-state index contributed by atoms with van der Waals surface area (Å²) in [7, 11) is 0. The molecule has 1 atom stereocenters. The molecule has 7 heteroatoms. The van der Waals surface area contributed by atoms with Crippen LogP contribution in [-0.4, -0.2) is 47.0 Å². The minimum atomic E-state index is -0.526. The van der Waals surface area contributed by atoms with E-state index < -0.39 is 17.2 Å². The lowest BCUT2D eigenvalue weighted by Crippen LogP contribution is -2.41. The number of benzene rings is 1. The highest BCUT2D eigenvalue weighted by atomic mass is 16.2. The van der Waals surface area contributed by atoms with E-state index in [-0.39, 0.29) is 29.8 Å². The molecule has 1 aliphatic heterocycles. The predicted molar refractivity (Wildman–Crippen MR) is 128 cm³/mol. The highest BCUT2D eigenvalue weighted by Gasteiger charge is 2.27. The lowest BCUT2D eigenvalue weighted by Gasteiger charge is -2.19. The molecule has 2 amide bonds. The van der Waals surface area contributed by atoms with Crippen molar-refractivity contribution in [3.63, 3.8) is 0 Å². The molecule has 2 N–H and O–H groups in total. The summed E-state index contributed by atoms with van der Waals surface area (Å²) in [5.74, 6) is -0.882. The fourth-order valence-corrected chi connectivity index (χ4v) is 4.79. The Morgan fingerprint density at radius 1 is 1.03 bits per heavy atom. The number of carbonyl (C=O) groups is 2. The molecule has 1 saturated heterocycles. The zero-order valence-corrected chi connectivity index (χ0v) is 19.0. The molecule has 174 valence electrons. The standard InChI is InChI=1S/C26H32N4O3/c1-2-13-27-25(32)22-17-30(21-10-6-7-11-21)18-23(24(22)31)26(33)28-20-12-14-29(16-20)15-19-8-4-3-5-9-19/h2-5,8-9,17-18,20-21H,1,6-7,10-16H2,(H,27,32)(H,28,33)/t20-/m0/s1. The molecule has 7 nitrogen and oxygen atoms in total. The van der Waals surface area contributed by atoms with Gasteiger partial charge in [0.1, 0.15) is 11.1 Å².